The summed E-state index contributed by atoms with van der Waals surface area (Å²) in [6, 6.07) is 18.9. The van der Waals surface area contributed by atoms with Crippen LogP contribution in [0.5, 0.6) is 17.2 Å². The second-order valence-corrected chi connectivity index (χ2v) is 8.62. The summed E-state index contributed by atoms with van der Waals surface area (Å²) in [5, 5.41) is 14.1. The maximum absolute atomic E-state index is 12.8. The van der Waals surface area contributed by atoms with Gasteiger partial charge in [0.25, 0.3) is 11.6 Å². The molecule has 0 bridgehead atoms. The summed E-state index contributed by atoms with van der Waals surface area (Å²) >= 11 is 0. The number of hydrogen-bond acceptors (Lipinski definition) is 6. The van der Waals surface area contributed by atoms with Crippen molar-refractivity contribution in [1.29, 1.82) is 0 Å². The van der Waals surface area contributed by atoms with Crippen molar-refractivity contribution in [2.45, 2.75) is 34.3 Å². The fourth-order valence-corrected chi connectivity index (χ4v) is 3.55. The molecule has 8 nitrogen and oxygen atoms in total. The number of hydrogen-bond donors (Lipinski definition) is 1. The summed E-state index contributed by atoms with van der Waals surface area (Å²) < 4.78 is 17.4. The van der Waals surface area contributed by atoms with Crippen LogP contribution < -0.4 is 14.8 Å². The van der Waals surface area contributed by atoms with E-state index in [1.807, 2.05) is 64.1 Å². The highest BCUT2D eigenvalue weighted by Gasteiger charge is 2.17. The molecule has 8 heteroatoms. The van der Waals surface area contributed by atoms with Crippen LogP contribution >= 0.6 is 0 Å². The van der Waals surface area contributed by atoms with Crippen LogP contribution in [-0.2, 0) is 6.61 Å². The third-order valence-electron chi connectivity index (χ3n) is 5.53. The number of non-ortho nitro benzene ring substituents is 1. The van der Waals surface area contributed by atoms with E-state index in [9.17, 15) is 14.9 Å². The van der Waals surface area contributed by atoms with Gasteiger partial charge in [0.15, 0.2) is 5.76 Å². The molecule has 0 fully saturated rings. The number of ether oxygens (including phenoxy) is 2. The molecule has 3 aromatic carbocycles. The van der Waals surface area contributed by atoms with Gasteiger partial charge in [0.2, 0.25) is 0 Å². The molecule has 0 saturated heterocycles. The van der Waals surface area contributed by atoms with Crippen LogP contribution in [0.15, 0.2) is 71.1 Å². The van der Waals surface area contributed by atoms with Crippen molar-refractivity contribution in [2.24, 2.45) is 0 Å². The Labute approximate surface area is 208 Å². The monoisotopic (exact) mass is 486 g/mol. The van der Waals surface area contributed by atoms with Crippen molar-refractivity contribution in [3.8, 4) is 17.2 Å². The molecule has 0 radical (unpaired) electrons. The highest BCUT2D eigenvalue weighted by molar-refractivity contribution is 6.02. The summed E-state index contributed by atoms with van der Waals surface area (Å²) in [7, 11) is 0. The van der Waals surface area contributed by atoms with Gasteiger partial charge in [-0.05, 0) is 74.2 Å². The minimum atomic E-state index is -0.550. The lowest BCUT2D eigenvalue weighted by Gasteiger charge is -2.11. The molecule has 1 amide bonds. The molecule has 0 aliphatic rings. The van der Waals surface area contributed by atoms with E-state index in [-0.39, 0.29) is 29.5 Å². The molecule has 1 N–H and O–H groups in total. The zero-order valence-corrected chi connectivity index (χ0v) is 20.5. The predicted octanol–water partition coefficient (Wildman–Crippen LogP) is 7.05. The standard InChI is InChI=1S/C28H26N2O6/c1-17-5-7-19(3)26(11-17)34-16-23-9-10-25(35-23)28(31)29-21-13-22(30(32)33)15-24(14-21)36-27-12-18(2)6-8-20(27)4/h5-15H,16H2,1-4H3,(H,29,31). The fourth-order valence-electron chi connectivity index (χ4n) is 3.55. The molecular formula is C28H26N2O6. The van der Waals surface area contributed by atoms with Crippen molar-refractivity contribution in [3.05, 3.63) is 111 Å². The normalized spacial score (nSPS) is 10.7. The molecule has 0 spiro atoms. The van der Waals surface area contributed by atoms with Gasteiger partial charge in [-0.1, -0.05) is 24.3 Å². The van der Waals surface area contributed by atoms with Crippen molar-refractivity contribution in [1.82, 2.24) is 0 Å². The first-order valence-corrected chi connectivity index (χ1v) is 11.3. The van der Waals surface area contributed by atoms with E-state index < -0.39 is 10.8 Å². The van der Waals surface area contributed by atoms with E-state index in [2.05, 4.69) is 5.32 Å². The molecule has 1 heterocycles. The lowest BCUT2D eigenvalue weighted by Crippen LogP contribution is -2.11. The summed E-state index contributed by atoms with van der Waals surface area (Å²) in [6.07, 6.45) is 0. The number of carbonyl (C=O) groups excluding carboxylic acids is 1. The summed E-state index contributed by atoms with van der Waals surface area (Å²) in [6.45, 7) is 7.90. The zero-order chi connectivity index (χ0) is 25.8. The zero-order valence-electron chi connectivity index (χ0n) is 20.5. The van der Waals surface area contributed by atoms with Crippen LogP contribution in [0, 0.1) is 37.8 Å². The van der Waals surface area contributed by atoms with Crippen molar-refractivity contribution >= 4 is 17.3 Å². The van der Waals surface area contributed by atoms with Crippen molar-refractivity contribution < 1.29 is 23.6 Å². The second-order valence-electron chi connectivity index (χ2n) is 8.62. The van der Waals surface area contributed by atoms with E-state index in [0.29, 0.717) is 11.5 Å². The summed E-state index contributed by atoms with van der Waals surface area (Å²) in [5.41, 5.74) is 3.94. The van der Waals surface area contributed by atoms with Crippen LogP contribution in [0.25, 0.3) is 0 Å². The molecule has 0 saturated carbocycles. The molecule has 1 aromatic heterocycles. The van der Waals surface area contributed by atoms with Gasteiger partial charge in [-0.15, -0.1) is 0 Å². The molecule has 0 unspecified atom stereocenters. The van der Waals surface area contributed by atoms with E-state index >= 15 is 0 Å². The van der Waals surface area contributed by atoms with E-state index in [0.717, 1.165) is 28.0 Å². The Kier molecular flexibility index (Phi) is 7.05. The maximum Gasteiger partial charge on any atom is 0.291 e. The van der Waals surface area contributed by atoms with Crippen LogP contribution in [0.4, 0.5) is 11.4 Å². The lowest BCUT2D eigenvalue weighted by molar-refractivity contribution is -0.384. The van der Waals surface area contributed by atoms with Crippen LogP contribution in [0.1, 0.15) is 38.6 Å². The Bertz CT molecular complexity index is 1440. The lowest BCUT2D eigenvalue weighted by atomic mass is 10.1. The Hall–Kier alpha value is -4.59. The number of nitro groups is 1. The first-order chi connectivity index (χ1) is 17.2. The number of anilines is 1. The SMILES string of the molecule is Cc1ccc(C)c(OCc2ccc(C(=O)Nc3cc(Oc4cc(C)ccc4C)cc([N+](=O)[O-])c3)o2)c1. The van der Waals surface area contributed by atoms with Gasteiger partial charge >= 0.3 is 0 Å². The van der Waals surface area contributed by atoms with Crippen molar-refractivity contribution in [3.63, 3.8) is 0 Å². The van der Waals surface area contributed by atoms with Crippen LogP contribution in [0.2, 0.25) is 0 Å². The smallest absolute Gasteiger partial charge is 0.291 e. The number of nitrogens with zero attached hydrogens (tertiary/aromatic N) is 1. The van der Waals surface area contributed by atoms with Gasteiger partial charge in [0.1, 0.15) is 29.6 Å². The van der Waals surface area contributed by atoms with Gasteiger partial charge in [-0.2, -0.15) is 0 Å². The molecule has 4 aromatic rings. The minimum absolute atomic E-state index is 0.0538. The highest BCUT2D eigenvalue weighted by atomic mass is 16.6. The Morgan fingerprint density at radius 3 is 2.25 bits per heavy atom. The predicted molar refractivity (Wildman–Crippen MR) is 136 cm³/mol. The molecule has 0 aliphatic carbocycles. The van der Waals surface area contributed by atoms with E-state index in [1.54, 1.807) is 6.07 Å². The quantitative estimate of drug-likeness (QED) is 0.211. The Morgan fingerprint density at radius 2 is 1.56 bits per heavy atom. The first-order valence-electron chi connectivity index (χ1n) is 11.3. The second kappa shape index (κ2) is 10.4. The van der Waals surface area contributed by atoms with Gasteiger partial charge in [0.05, 0.1) is 16.7 Å². The molecule has 184 valence electrons. The minimum Gasteiger partial charge on any atom is -0.485 e. The van der Waals surface area contributed by atoms with Gasteiger partial charge in [-0.3, -0.25) is 14.9 Å². The van der Waals surface area contributed by atoms with Crippen molar-refractivity contribution in [2.75, 3.05) is 5.32 Å². The number of nitro benzene ring substituents is 1. The molecule has 36 heavy (non-hydrogen) atoms. The third-order valence-corrected chi connectivity index (χ3v) is 5.53. The fraction of sp³-hybridized carbons (Fsp3) is 0.179. The molecule has 0 atom stereocenters. The average molecular weight is 487 g/mol. The summed E-state index contributed by atoms with van der Waals surface area (Å²) in [5.74, 6) is 1.52. The number of furan rings is 1. The number of carbonyl (C=O) groups is 1. The number of amides is 1. The molecule has 4 rings (SSSR count). The first kappa shape index (κ1) is 24.5. The van der Waals surface area contributed by atoms with E-state index in [4.69, 9.17) is 13.9 Å². The maximum atomic E-state index is 12.8. The largest absolute Gasteiger partial charge is 0.485 e. The van der Waals surface area contributed by atoms with Crippen LogP contribution in [-0.4, -0.2) is 10.8 Å². The number of nitrogens with one attached hydrogen (secondary N) is 1. The molecule has 0 aliphatic heterocycles. The average Bonchev–Trinajstić information content (AvgIpc) is 3.31. The highest BCUT2D eigenvalue weighted by Crippen LogP contribution is 2.32. The third kappa shape index (κ3) is 5.90. The van der Waals surface area contributed by atoms with Gasteiger partial charge in [0, 0.05) is 12.1 Å². The topological polar surface area (TPSA) is 104 Å². The van der Waals surface area contributed by atoms with Gasteiger partial charge in [-0.25, -0.2) is 0 Å². The van der Waals surface area contributed by atoms with Crippen LogP contribution in [0.3, 0.4) is 0 Å². The Morgan fingerprint density at radius 1 is 0.889 bits per heavy atom. The number of rotatable bonds is 8. The van der Waals surface area contributed by atoms with E-state index in [1.165, 1.54) is 24.3 Å². The molecular weight excluding hydrogens is 460 g/mol. The Balaban J connectivity index is 1.49. The number of aryl methyl sites for hydroxylation is 4. The number of benzene rings is 3. The summed E-state index contributed by atoms with van der Waals surface area (Å²) in [4.78, 5) is 23.7. The van der Waals surface area contributed by atoms with Gasteiger partial charge < -0.3 is 19.2 Å².